The molecule has 1 aromatic rings. The van der Waals surface area contributed by atoms with Crippen molar-refractivity contribution in [3.8, 4) is 5.75 Å². The summed E-state index contributed by atoms with van der Waals surface area (Å²) in [7, 11) is 0. The predicted octanol–water partition coefficient (Wildman–Crippen LogP) is 1.88. The highest BCUT2D eigenvalue weighted by atomic mass is 16.5. The molecule has 1 heterocycles. The molecule has 0 aliphatic carbocycles. The van der Waals surface area contributed by atoms with Crippen molar-refractivity contribution in [2.75, 3.05) is 18.2 Å². The standard InChI is InChI=1S/C9H10N2O2/c1-7-2-3-8-9(6-7)13-5-4-11(8)10-12/h2-3,6H,4-5H2,1H3. The molecule has 4 nitrogen and oxygen atoms in total. The first-order valence-corrected chi connectivity index (χ1v) is 4.15. The summed E-state index contributed by atoms with van der Waals surface area (Å²) in [6, 6.07) is 5.70. The van der Waals surface area contributed by atoms with E-state index in [2.05, 4.69) is 5.29 Å². The number of aryl methyl sites for hydroxylation is 1. The van der Waals surface area contributed by atoms with Crippen LogP contribution in [-0.2, 0) is 0 Å². The van der Waals surface area contributed by atoms with Gasteiger partial charge in [0.25, 0.3) is 0 Å². The molecule has 1 aliphatic heterocycles. The Balaban J connectivity index is 2.45. The Hall–Kier alpha value is -1.58. The number of anilines is 1. The predicted molar refractivity (Wildman–Crippen MR) is 49.8 cm³/mol. The summed E-state index contributed by atoms with van der Waals surface area (Å²) in [5, 5.41) is 4.34. The van der Waals surface area contributed by atoms with Gasteiger partial charge in [-0.1, -0.05) is 6.07 Å². The molecule has 1 aromatic carbocycles. The zero-order valence-corrected chi connectivity index (χ0v) is 7.36. The van der Waals surface area contributed by atoms with E-state index < -0.39 is 0 Å². The van der Waals surface area contributed by atoms with E-state index in [1.165, 1.54) is 5.01 Å². The molecule has 4 heteroatoms. The SMILES string of the molecule is Cc1ccc2c(c1)OCCN2N=O. The van der Waals surface area contributed by atoms with Crippen LogP contribution in [0.25, 0.3) is 0 Å². The van der Waals surface area contributed by atoms with Gasteiger partial charge in [0.1, 0.15) is 18.0 Å². The minimum atomic E-state index is 0.516. The van der Waals surface area contributed by atoms with Crippen molar-refractivity contribution in [3.05, 3.63) is 28.7 Å². The molecule has 0 aromatic heterocycles. The molecule has 68 valence electrons. The molecule has 0 radical (unpaired) electrons. The number of nitrogens with zero attached hydrogens (tertiary/aromatic N) is 2. The quantitative estimate of drug-likeness (QED) is 0.616. The summed E-state index contributed by atoms with van der Waals surface area (Å²) in [5.74, 6) is 0.742. The zero-order valence-electron chi connectivity index (χ0n) is 7.36. The zero-order chi connectivity index (χ0) is 9.26. The van der Waals surface area contributed by atoms with Gasteiger partial charge < -0.3 is 4.74 Å². The minimum absolute atomic E-state index is 0.516. The number of ether oxygens (including phenoxy) is 1. The summed E-state index contributed by atoms with van der Waals surface area (Å²) in [6.45, 7) is 3.03. The number of hydrogen-bond acceptors (Lipinski definition) is 3. The molecule has 0 bridgehead atoms. The number of nitroso groups, excluding NO2 is 1. The fraction of sp³-hybridized carbons (Fsp3) is 0.333. The lowest BCUT2D eigenvalue weighted by Crippen LogP contribution is -2.27. The molecule has 0 atom stereocenters. The Morgan fingerprint density at radius 3 is 3.15 bits per heavy atom. The maximum Gasteiger partial charge on any atom is 0.144 e. The molecule has 2 rings (SSSR count). The van der Waals surface area contributed by atoms with Gasteiger partial charge in [0.05, 0.1) is 11.8 Å². The van der Waals surface area contributed by atoms with Crippen LogP contribution >= 0.6 is 0 Å². The van der Waals surface area contributed by atoms with Crippen LogP contribution in [0.1, 0.15) is 5.56 Å². The van der Waals surface area contributed by atoms with Gasteiger partial charge in [0.15, 0.2) is 0 Å². The first-order valence-electron chi connectivity index (χ1n) is 4.15. The molecule has 0 saturated heterocycles. The monoisotopic (exact) mass is 178 g/mol. The van der Waals surface area contributed by atoms with Crippen molar-refractivity contribution in [2.45, 2.75) is 6.92 Å². The van der Waals surface area contributed by atoms with Gasteiger partial charge in [0, 0.05) is 0 Å². The van der Waals surface area contributed by atoms with Gasteiger partial charge in [-0.2, -0.15) is 0 Å². The number of hydrogen-bond donors (Lipinski definition) is 0. The molecule has 0 spiro atoms. The van der Waals surface area contributed by atoms with Gasteiger partial charge in [-0.05, 0) is 24.6 Å². The second kappa shape index (κ2) is 3.05. The average Bonchev–Trinajstić information content (AvgIpc) is 2.16. The van der Waals surface area contributed by atoms with Gasteiger partial charge in [-0.15, -0.1) is 4.91 Å². The van der Waals surface area contributed by atoms with Crippen molar-refractivity contribution in [1.82, 2.24) is 0 Å². The lowest BCUT2D eigenvalue weighted by atomic mass is 10.2. The summed E-state index contributed by atoms with van der Waals surface area (Å²) in [5.41, 5.74) is 1.87. The summed E-state index contributed by atoms with van der Waals surface area (Å²) in [6.07, 6.45) is 0. The first kappa shape index (κ1) is 8.04. The largest absolute Gasteiger partial charge is 0.489 e. The molecule has 1 aliphatic rings. The first-order chi connectivity index (χ1) is 6.31. The van der Waals surface area contributed by atoms with E-state index in [-0.39, 0.29) is 0 Å². The second-order valence-electron chi connectivity index (χ2n) is 3.02. The number of fused-ring (bicyclic) bond motifs is 1. The van der Waals surface area contributed by atoms with Crippen LogP contribution in [0.4, 0.5) is 5.69 Å². The van der Waals surface area contributed by atoms with Gasteiger partial charge in [-0.3, -0.25) is 0 Å². The maximum atomic E-state index is 10.4. The van der Waals surface area contributed by atoms with Gasteiger partial charge in [0.2, 0.25) is 0 Å². The van der Waals surface area contributed by atoms with Gasteiger partial charge >= 0.3 is 0 Å². The third-order valence-corrected chi connectivity index (χ3v) is 2.05. The third-order valence-electron chi connectivity index (χ3n) is 2.05. The minimum Gasteiger partial charge on any atom is -0.489 e. The third kappa shape index (κ3) is 1.35. The topological polar surface area (TPSA) is 41.9 Å². The average molecular weight is 178 g/mol. The summed E-state index contributed by atoms with van der Waals surface area (Å²) < 4.78 is 5.40. The smallest absolute Gasteiger partial charge is 0.144 e. The van der Waals surface area contributed by atoms with E-state index in [1.54, 1.807) is 0 Å². The molecular formula is C9H10N2O2. The highest BCUT2D eigenvalue weighted by Gasteiger charge is 2.17. The molecule has 13 heavy (non-hydrogen) atoms. The van der Waals surface area contributed by atoms with E-state index in [1.807, 2.05) is 25.1 Å². The molecular weight excluding hydrogens is 168 g/mol. The maximum absolute atomic E-state index is 10.4. The number of rotatable bonds is 1. The molecule has 0 saturated carbocycles. The lowest BCUT2D eigenvalue weighted by Gasteiger charge is -2.24. The molecule has 0 amide bonds. The Labute approximate surface area is 76.1 Å². The van der Waals surface area contributed by atoms with Crippen LogP contribution in [-0.4, -0.2) is 13.2 Å². The Kier molecular flexibility index (Phi) is 1.88. The van der Waals surface area contributed by atoms with Gasteiger partial charge in [-0.25, -0.2) is 5.01 Å². The molecule has 0 N–H and O–H groups in total. The van der Waals surface area contributed by atoms with E-state index >= 15 is 0 Å². The van der Waals surface area contributed by atoms with Crippen LogP contribution in [0.2, 0.25) is 0 Å². The van der Waals surface area contributed by atoms with Crippen molar-refractivity contribution >= 4 is 5.69 Å². The Bertz CT molecular complexity index is 338. The molecule has 0 fully saturated rings. The van der Waals surface area contributed by atoms with Crippen LogP contribution in [0, 0.1) is 11.8 Å². The van der Waals surface area contributed by atoms with E-state index in [9.17, 15) is 4.91 Å². The summed E-state index contributed by atoms with van der Waals surface area (Å²) in [4.78, 5) is 10.4. The van der Waals surface area contributed by atoms with Crippen molar-refractivity contribution in [2.24, 2.45) is 5.29 Å². The van der Waals surface area contributed by atoms with Crippen molar-refractivity contribution in [1.29, 1.82) is 0 Å². The van der Waals surface area contributed by atoms with E-state index in [0.717, 1.165) is 17.0 Å². The Morgan fingerprint density at radius 2 is 2.38 bits per heavy atom. The summed E-state index contributed by atoms with van der Waals surface area (Å²) >= 11 is 0. The van der Waals surface area contributed by atoms with Crippen molar-refractivity contribution in [3.63, 3.8) is 0 Å². The highest BCUT2D eigenvalue weighted by Crippen LogP contribution is 2.32. The van der Waals surface area contributed by atoms with Crippen LogP contribution in [0.3, 0.4) is 0 Å². The van der Waals surface area contributed by atoms with Crippen molar-refractivity contribution < 1.29 is 4.74 Å². The second-order valence-corrected chi connectivity index (χ2v) is 3.02. The van der Waals surface area contributed by atoms with Crippen LogP contribution < -0.4 is 9.75 Å². The Morgan fingerprint density at radius 1 is 1.54 bits per heavy atom. The fourth-order valence-corrected chi connectivity index (χ4v) is 1.40. The van der Waals surface area contributed by atoms with Crippen LogP contribution in [0.5, 0.6) is 5.75 Å². The van der Waals surface area contributed by atoms with E-state index in [0.29, 0.717) is 13.2 Å². The van der Waals surface area contributed by atoms with Crippen LogP contribution in [0.15, 0.2) is 23.5 Å². The molecule has 0 unspecified atom stereocenters. The van der Waals surface area contributed by atoms with E-state index in [4.69, 9.17) is 4.74 Å². The number of benzene rings is 1. The highest BCUT2D eigenvalue weighted by molar-refractivity contribution is 5.60. The normalized spacial score (nSPS) is 14.7. The lowest BCUT2D eigenvalue weighted by molar-refractivity contribution is 0.308. The fourth-order valence-electron chi connectivity index (χ4n) is 1.40.